The van der Waals surface area contributed by atoms with E-state index in [1.807, 2.05) is 0 Å². The van der Waals surface area contributed by atoms with Crippen LogP contribution in [-0.2, 0) is 0 Å². The molecule has 0 saturated heterocycles. The molecule has 2 rings (SSSR count). The molecular weight excluding hydrogens is 318 g/mol. The molecule has 0 aromatic heterocycles. The third-order valence-corrected chi connectivity index (χ3v) is 3.30. The maximum atomic E-state index is 11.9. The van der Waals surface area contributed by atoms with Gasteiger partial charge in [-0.1, -0.05) is 17.7 Å². The van der Waals surface area contributed by atoms with Crippen molar-refractivity contribution in [1.82, 2.24) is 5.32 Å². The number of hydrogen-bond acceptors (Lipinski definition) is 4. The normalized spacial score (nSPS) is 10.0. The first-order chi connectivity index (χ1) is 11.1. The summed E-state index contributed by atoms with van der Waals surface area (Å²) in [5.74, 6) is 1.70. The molecule has 0 aliphatic rings. The summed E-state index contributed by atoms with van der Waals surface area (Å²) in [6.45, 7) is 0.688. The smallest absolute Gasteiger partial charge is 0.251 e. The average Bonchev–Trinajstić information content (AvgIpc) is 2.58. The number of hydrogen-bond donors (Lipinski definition) is 1. The number of methoxy groups -OCH3 is 2. The molecule has 2 aromatic rings. The molecule has 6 heteroatoms. The maximum absolute atomic E-state index is 11.9. The van der Waals surface area contributed by atoms with Gasteiger partial charge in [0.15, 0.2) is 0 Å². The number of carbonyl (C=O) groups is 1. The molecule has 0 aliphatic heterocycles. The van der Waals surface area contributed by atoms with Gasteiger partial charge in [-0.05, 0) is 18.2 Å². The number of carbonyl (C=O) groups excluding carboxylic acids is 1. The first-order valence-corrected chi connectivity index (χ1v) is 7.40. The zero-order valence-electron chi connectivity index (χ0n) is 13.0. The predicted octanol–water partition coefficient (Wildman–Crippen LogP) is 3.17. The van der Waals surface area contributed by atoms with Crippen LogP contribution >= 0.6 is 11.6 Å². The molecule has 0 radical (unpaired) electrons. The van der Waals surface area contributed by atoms with Crippen molar-refractivity contribution in [1.29, 1.82) is 0 Å². The van der Waals surface area contributed by atoms with Gasteiger partial charge in [0.25, 0.3) is 5.91 Å². The summed E-state index contributed by atoms with van der Waals surface area (Å²) in [5.41, 5.74) is 0.514. The molecule has 0 heterocycles. The third kappa shape index (κ3) is 5.07. The van der Waals surface area contributed by atoms with Crippen LogP contribution in [0.2, 0.25) is 5.02 Å². The Morgan fingerprint density at radius 1 is 1.04 bits per heavy atom. The topological polar surface area (TPSA) is 56.8 Å². The Hall–Kier alpha value is -2.40. The minimum absolute atomic E-state index is 0.195. The second-order valence-corrected chi connectivity index (χ2v) is 5.10. The molecule has 23 heavy (non-hydrogen) atoms. The van der Waals surface area contributed by atoms with Gasteiger partial charge in [0, 0.05) is 28.8 Å². The van der Waals surface area contributed by atoms with E-state index in [0.717, 1.165) is 0 Å². The van der Waals surface area contributed by atoms with E-state index in [9.17, 15) is 4.79 Å². The van der Waals surface area contributed by atoms with Crippen molar-refractivity contribution in [2.45, 2.75) is 0 Å². The van der Waals surface area contributed by atoms with Crippen LogP contribution in [0.3, 0.4) is 0 Å². The number of ether oxygens (including phenoxy) is 3. The number of benzene rings is 2. The number of amides is 1. The van der Waals surface area contributed by atoms with Crippen LogP contribution in [0, 0.1) is 0 Å². The lowest BCUT2D eigenvalue weighted by molar-refractivity contribution is 0.0947. The lowest BCUT2D eigenvalue weighted by Gasteiger charge is -2.11. The van der Waals surface area contributed by atoms with Gasteiger partial charge in [0.05, 0.1) is 20.8 Å². The predicted molar refractivity (Wildman–Crippen MR) is 88.8 cm³/mol. The van der Waals surface area contributed by atoms with Crippen molar-refractivity contribution in [3.63, 3.8) is 0 Å². The number of nitrogens with one attached hydrogen (secondary N) is 1. The molecule has 5 nitrogen and oxygen atoms in total. The van der Waals surface area contributed by atoms with Crippen LogP contribution in [0.5, 0.6) is 17.2 Å². The van der Waals surface area contributed by atoms with Crippen molar-refractivity contribution in [2.75, 3.05) is 27.4 Å². The number of halogens is 1. The van der Waals surface area contributed by atoms with Crippen molar-refractivity contribution < 1.29 is 19.0 Å². The van der Waals surface area contributed by atoms with Crippen LogP contribution < -0.4 is 19.5 Å². The highest BCUT2D eigenvalue weighted by Crippen LogP contribution is 2.27. The highest BCUT2D eigenvalue weighted by Gasteiger charge is 2.06. The van der Waals surface area contributed by atoms with Gasteiger partial charge in [0.2, 0.25) is 0 Å². The molecule has 0 bridgehead atoms. The van der Waals surface area contributed by atoms with Crippen molar-refractivity contribution >= 4 is 17.5 Å². The zero-order valence-corrected chi connectivity index (χ0v) is 13.7. The lowest BCUT2D eigenvalue weighted by Crippen LogP contribution is -2.28. The van der Waals surface area contributed by atoms with E-state index < -0.39 is 0 Å². The lowest BCUT2D eigenvalue weighted by atomic mass is 10.2. The summed E-state index contributed by atoms with van der Waals surface area (Å²) in [6.07, 6.45) is 0. The molecule has 0 aliphatic carbocycles. The summed E-state index contributed by atoms with van der Waals surface area (Å²) in [7, 11) is 3.15. The zero-order chi connectivity index (χ0) is 16.7. The highest BCUT2D eigenvalue weighted by molar-refractivity contribution is 6.30. The van der Waals surface area contributed by atoms with Gasteiger partial charge in [0.1, 0.15) is 23.9 Å². The van der Waals surface area contributed by atoms with Gasteiger partial charge in [-0.2, -0.15) is 0 Å². The molecule has 0 atom stereocenters. The molecule has 1 N–H and O–H groups in total. The second-order valence-electron chi connectivity index (χ2n) is 4.66. The summed E-state index contributed by atoms with van der Waals surface area (Å²) in [6, 6.07) is 12.0. The minimum Gasteiger partial charge on any atom is -0.496 e. The van der Waals surface area contributed by atoms with Crippen molar-refractivity contribution in [3.8, 4) is 17.2 Å². The molecule has 2 aromatic carbocycles. The van der Waals surface area contributed by atoms with E-state index in [4.69, 9.17) is 25.8 Å². The van der Waals surface area contributed by atoms with E-state index in [1.54, 1.807) is 56.7 Å². The van der Waals surface area contributed by atoms with Gasteiger partial charge in [-0.25, -0.2) is 0 Å². The Balaban J connectivity index is 1.84. The minimum atomic E-state index is -0.195. The maximum Gasteiger partial charge on any atom is 0.251 e. The van der Waals surface area contributed by atoms with Crippen LogP contribution in [0.1, 0.15) is 10.4 Å². The van der Waals surface area contributed by atoms with Gasteiger partial charge in [-0.3, -0.25) is 4.79 Å². The summed E-state index contributed by atoms with van der Waals surface area (Å²) in [5, 5.41) is 3.29. The van der Waals surface area contributed by atoms with Crippen LogP contribution in [-0.4, -0.2) is 33.3 Å². The summed E-state index contributed by atoms with van der Waals surface area (Å²) >= 11 is 5.86. The molecule has 1 amide bonds. The Bertz CT molecular complexity index is 653. The monoisotopic (exact) mass is 335 g/mol. The third-order valence-electron chi connectivity index (χ3n) is 3.07. The molecule has 0 unspecified atom stereocenters. The fourth-order valence-electron chi connectivity index (χ4n) is 1.93. The van der Waals surface area contributed by atoms with Crippen LogP contribution in [0.4, 0.5) is 0 Å². The molecular formula is C17H18ClNO4. The Kier molecular flexibility index (Phi) is 6.11. The van der Waals surface area contributed by atoms with Crippen molar-refractivity contribution in [3.05, 3.63) is 53.1 Å². The molecule has 0 fully saturated rings. The first-order valence-electron chi connectivity index (χ1n) is 7.02. The van der Waals surface area contributed by atoms with Crippen LogP contribution in [0.25, 0.3) is 0 Å². The second kappa shape index (κ2) is 8.29. The van der Waals surface area contributed by atoms with Gasteiger partial charge < -0.3 is 19.5 Å². The van der Waals surface area contributed by atoms with E-state index >= 15 is 0 Å². The molecule has 122 valence electrons. The number of rotatable bonds is 7. The standard InChI is InChI=1S/C17H18ClNO4/c1-21-14-9-15(22-2)11-16(10-14)23-7-6-19-17(20)12-4-3-5-13(18)8-12/h3-5,8-11H,6-7H2,1-2H3,(H,19,20). The quantitative estimate of drug-likeness (QED) is 0.790. The largest absolute Gasteiger partial charge is 0.496 e. The van der Waals surface area contributed by atoms with Crippen molar-refractivity contribution in [2.24, 2.45) is 0 Å². The summed E-state index contributed by atoms with van der Waals surface area (Å²) in [4.78, 5) is 11.9. The average molecular weight is 336 g/mol. The van der Waals surface area contributed by atoms with Gasteiger partial charge in [-0.15, -0.1) is 0 Å². The fraction of sp³-hybridized carbons (Fsp3) is 0.235. The molecule has 0 spiro atoms. The molecule has 0 saturated carbocycles. The van der Waals surface area contributed by atoms with Gasteiger partial charge >= 0.3 is 0 Å². The van der Waals surface area contributed by atoms with Crippen LogP contribution in [0.15, 0.2) is 42.5 Å². The SMILES string of the molecule is COc1cc(OC)cc(OCCNC(=O)c2cccc(Cl)c2)c1. The Morgan fingerprint density at radius 3 is 2.30 bits per heavy atom. The first kappa shape index (κ1) is 17.0. The summed E-state index contributed by atoms with van der Waals surface area (Å²) < 4.78 is 15.9. The Morgan fingerprint density at radius 2 is 1.70 bits per heavy atom. The van der Waals surface area contributed by atoms with E-state index in [2.05, 4.69) is 5.32 Å². The fourth-order valence-corrected chi connectivity index (χ4v) is 2.12. The Labute approximate surface area is 140 Å². The van der Waals surface area contributed by atoms with E-state index in [0.29, 0.717) is 41.0 Å². The highest BCUT2D eigenvalue weighted by atomic mass is 35.5. The van der Waals surface area contributed by atoms with E-state index in [1.165, 1.54) is 0 Å². The van der Waals surface area contributed by atoms with E-state index in [-0.39, 0.29) is 5.91 Å².